The molecule has 0 spiro atoms. The normalized spacial score (nSPS) is 14.1. The van der Waals surface area contributed by atoms with E-state index in [2.05, 4.69) is 10.1 Å². The maximum atomic E-state index is 11.4. The molecule has 0 unspecified atom stereocenters. The average Bonchev–Trinajstić information content (AvgIpc) is 2.94. The highest BCUT2D eigenvalue weighted by molar-refractivity contribution is 5.94. The number of rotatable bonds is 3. The third-order valence-electron chi connectivity index (χ3n) is 3.20. The van der Waals surface area contributed by atoms with Crippen LogP contribution in [0.15, 0.2) is 48.9 Å². The van der Waals surface area contributed by atoms with E-state index in [1.54, 1.807) is 23.0 Å². The molecule has 6 nitrogen and oxygen atoms in total. The Hall–Kier alpha value is -2.89. The minimum Gasteiger partial charge on any atom is -0.478 e. The van der Waals surface area contributed by atoms with Gasteiger partial charge in [-0.3, -0.25) is 4.98 Å². The summed E-state index contributed by atoms with van der Waals surface area (Å²) in [5.41, 5.74) is 1.90. The third kappa shape index (κ3) is 2.55. The number of carboxylic acid groups (broad SMARTS) is 1. The number of hydrogen-bond donors (Lipinski definition) is 1. The maximum Gasteiger partial charge on any atom is 0.339 e. The van der Waals surface area contributed by atoms with Crippen molar-refractivity contribution in [1.29, 1.82) is 0 Å². The van der Waals surface area contributed by atoms with E-state index in [0.29, 0.717) is 11.4 Å². The number of nitrogens with zero attached hydrogens (tertiary/aromatic N) is 4. The lowest BCUT2D eigenvalue weighted by atomic mass is 10.2. The van der Waals surface area contributed by atoms with Crippen LogP contribution in [0.2, 0.25) is 0 Å². The van der Waals surface area contributed by atoms with Crippen LogP contribution in [-0.4, -0.2) is 44.3 Å². The molecule has 0 fully saturated rings. The monoisotopic (exact) mass is 282 g/mol. The first-order valence-corrected chi connectivity index (χ1v) is 6.48. The van der Waals surface area contributed by atoms with E-state index in [9.17, 15) is 9.90 Å². The summed E-state index contributed by atoms with van der Waals surface area (Å²) in [6.45, 7) is 0.757. The fraction of sp³-hybridized carbons (Fsp3) is 0.133. The molecular weight excluding hydrogens is 268 g/mol. The van der Waals surface area contributed by atoms with Crippen LogP contribution in [0.5, 0.6) is 0 Å². The zero-order valence-corrected chi connectivity index (χ0v) is 11.5. The lowest BCUT2D eigenvalue weighted by molar-refractivity contribution is 0.0697. The molecule has 0 saturated carbocycles. The molecule has 0 amide bonds. The first-order chi connectivity index (χ1) is 10.1. The Balaban J connectivity index is 2.06. The number of aromatic carboxylic acids is 1. The summed E-state index contributed by atoms with van der Waals surface area (Å²) in [4.78, 5) is 17.6. The summed E-state index contributed by atoms with van der Waals surface area (Å²) >= 11 is 0. The van der Waals surface area contributed by atoms with E-state index < -0.39 is 5.97 Å². The van der Waals surface area contributed by atoms with Crippen molar-refractivity contribution in [2.45, 2.75) is 0 Å². The van der Waals surface area contributed by atoms with E-state index in [-0.39, 0.29) is 5.56 Å². The van der Waals surface area contributed by atoms with E-state index in [1.807, 2.05) is 36.4 Å². The van der Waals surface area contributed by atoms with Crippen molar-refractivity contribution in [2.75, 3.05) is 13.6 Å². The summed E-state index contributed by atoms with van der Waals surface area (Å²) in [5.74, 6) is -1.01. The van der Waals surface area contributed by atoms with E-state index in [0.717, 1.165) is 12.2 Å². The average molecular weight is 282 g/mol. The predicted molar refractivity (Wildman–Crippen MR) is 78.5 cm³/mol. The van der Waals surface area contributed by atoms with Crippen molar-refractivity contribution in [3.05, 3.63) is 54.5 Å². The lowest BCUT2D eigenvalue weighted by Gasteiger charge is -2.16. The summed E-state index contributed by atoms with van der Waals surface area (Å²) < 4.78 is 1.58. The Labute approximate surface area is 121 Å². The van der Waals surface area contributed by atoms with Crippen LogP contribution in [0, 0.1) is 0 Å². The number of hydrogen-bond acceptors (Lipinski definition) is 4. The lowest BCUT2D eigenvalue weighted by Crippen LogP contribution is -2.15. The first-order valence-electron chi connectivity index (χ1n) is 6.48. The predicted octanol–water partition coefficient (Wildman–Crippen LogP) is 1.94. The van der Waals surface area contributed by atoms with Gasteiger partial charge in [-0.15, -0.1) is 0 Å². The SMILES string of the molecule is CN1C=CC(n2cc(C(=O)O)c(-c3ccccn3)n2)=CC1. The second-order valence-corrected chi connectivity index (χ2v) is 4.74. The van der Waals surface area contributed by atoms with Gasteiger partial charge in [-0.25, -0.2) is 9.48 Å². The minimum absolute atomic E-state index is 0.141. The Morgan fingerprint density at radius 1 is 1.38 bits per heavy atom. The van der Waals surface area contributed by atoms with Gasteiger partial charge in [0.2, 0.25) is 0 Å². The highest BCUT2D eigenvalue weighted by Gasteiger charge is 2.19. The molecule has 0 bridgehead atoms. The highest BCUT2D eigenvalue weighted by atomic mass is 16.4. The molecule has 0 aliphatic carbocycles. The van der Waals surface area contributed by atoms with Crippen LogP contribution in [0.25, 0.3) is 17.1 Å². The second-order valence-electron chi connectivity index (χ2n) is 4.74. The summed E-state index contributed by atoms with van der Waals surface area (Å²) in [5, 5.41) is 13.7. The number of pyridine rings is 1. The molecule has 1 N–H and O–H groups in total. The van der Waals surface area contributed by atoms with Gasteiger partial charge in [0.1, 0.15) is 11.3 Å². The Kier molecular flexibility index (Phi) is 3.27. The number of aromatic nitrogens is 3. The van der Waals surface area contributed by atoms with Gasteiger partial charge in [-0.05, 0) is 24.3 Å². The molecule has 3 rings (SSSR count). The van der Waals surface area contributed by atoms with Gasteiger partial charge in [0.15, 0.2) is 0 Å². The quantitative estimate of drug-likeness (QED) is 0.931. The van der Waals surface area contributed by atoms with Crippen molar-refractivity contribution < 1.29 is 9.90 Å². The van der Waals surface area contributed by atoms with Crippen molar-refractivity contribution in [2.24, 2.45) is 0 Å². The largest absolute Gasteiger partial charge is 0.478 e. The van der Waals surface area contributed by atoms with Gasteiger partial charge in [-0.1, -0.05) is 6.07 Å². The van der Waals surface area contributed by atoms with Crippen molar-refractivity contribution in [3.8, 4) is 11.4 Å². The molecule has 2 aromatic rings. The second kappa shape index (κ2) is 5.24. The Morgan fingerprint density at radius 2 is 2.24 bits per heavy atom. The van der Waals surface area contributed by atoms with Crippen LogP contribution in [0.4, 0.5) is 0 Å². The zero-order chi connectivity index (χ0) is 14.8. The summed E-state index contributed by atoms with van der Waals surface area (Å²) in [7, 11) is 1.97. The third-order valence-corrected chi connectivity index (χ3v) is 3.20. The maximum absolute atomic E-state index is 11.4. The summed E-state index contributed by atoms with van der Waals surface area (Å²) in [6.07, 6.45) is 8.95. The molecule has 0 radical (unpaired) electrons. The molecule has 106 valence electrons. The molecule has 6 heteroatoms. The standard InChI is InChI=1S/C15H14N4O2/c1-18-8-5-11(6-9-18)19-10-12(15(20)21)14(17-19)13-4-2-3-7-16-13/h2-8,10H,9H2,1H3,(H,20,21). The van der Waals surface area contributed by atoms with Crippen molar-refractivity contribution in [1.82, 2.24) is 19.7 Å². The highest BCUT2D eigenvalue weighted by Crippen LogP contribution is 2.22. The van der Waals surface area contributed by atoms with Gasteiger partial charge in [-0.2, -0.15) is 5.10 Å². The van der Waals surface area contributed by atoms with Gasteiger partial charge in [0, 0.05) is 32.2 Å². The van der Waals surface area contributed by atoms with Gasteiger partial charge in [0.05, 0.1) is 11.4 Å². The Morgan fingerprint density at radius 3 is 2.86 bits per heavy atom. The number of carbonyl (C=O) groups is 1. The van der Waals surface area contributed by atoms with Crippen LogP contribution < -0.4 is 0 Å². The molecule has 0 aromatic carbocycles. The molecule has 0 atom stereocenters. The topological polar surface area (TPSA) is 71.2 Å². The van der Waals surface area contributed by atoms with Crippen LogP contribution in [0.3, 0.4) is 0 Å². The molecule has 1 aliphatic rings. The van der Waals surface area contributed by atoms with E-state index in [4.69, 9.17) is 0 Å². The number of allylic oxidation sites excluding steroid dienone is 2. The first kappa shape index (κ1) is 13.1. The van der Waals surface area contributed by atoms with Gasteiger partial charge in [0.25, 0.3) is 0 Å². The molecule has 0 saturated heterocycles. The fourth-order valence-corrected chi connectivity index (χ4v) is 2.09. The smallest absolute Gasteiger partial charge is 0.339 e. The van der Waals surface area contributed by atoms with Crippen LogP contribution >= 0.6 is 0 Å². The number of likely N-dealkylation sites (N-methyl/N-ethyl adjacent to an activating group) is 1. The molecule has 1 aliphatic heterocycles. The zero-order valence-electron chi connectivity index (χ0n) is 11.5. The number of carboxylic acids is 1. The van der Waals surface area contributed by atoms with Gasteiger partial charge >= 0.3 is 5.97 Å². The Bertz CT molecular complexity index is 731. The fourth-order valence-electron chi connectivity index (χ4n) is 2.09. The van der Waals surface area contributed by atoms with Crippen molar-refractivity contribution >= 4 is 11.7 Å². The molecule has 2 aromatic heterocycles. The van der Waals surface area contributed by atoms with Crippen molar-refractivity contribution in [3.63, 3.8) is 0 Å². The molecule has 3 heterocycles. The molecule has 21 heavy (non-hydrogen) atoms. The van der Waals surface area contributed by atoms with Crippen LogP contribution in [-0.2, 0) is 0 Å². The molecular formula is C15H14N4O2. The van der Waals surface area contributed by atoms with Gasteiger partial charge < -0.3 is 10.0 Å². The van der Waals surface area contributed by atoms with E-state index in [1.165, 1.54) is 6.20 Å². The summed E-state index contributed by atoms with van der Waals surface area (Å²) in [6, 6.07) is 5.34. The van der Waals surface area contributed by atoms with E-state index >= 15 is 0 Å². The minimum atomic E-state index is -1.01. The van der Waals surface area contributed by atoms with Crippen LogP contribution in [0.1, 0.15) is 10.4 Å².